The van der Waals surface area contributed by atoms with Crippen molar-refractivity contribution in [1.82, 2.24) is 5.32 Å². The fourth-order valence-electron chi connectivity index (χ4n) is 1.22. The molecule has 0 aliphatic carbocycles. The molecule has 2 amide bonds. The van der Waals surface area contributed by atoms with Crippen molar-refractivity contribution in [1.29, 1.82) is 0 Å². The standard InChI is InChI=1S/C11H13FN2O3/c1-6-2-3-7(12)4-8(6)11(17)14-5-9(15)10(13)16/h2-4,9,15H,5H2,1H3,(H2,13,16)(H,14,17). The largest absolute Gasteiger partial charge is 0.381 e. The molecule has 0 aromatic heterocycles. The normalized spacial score (nSPS) is 11.9. The number of nitrogens with one attached hydrogen (secondary N) is 1. The number of halogens is 1. The van der Waals surface area contributed by atoms with E-state index in [0.29, 0.717) is 5.56 Å². The van der Waals surface area contributed by atoms with Gasteiger partial charge in [0.05, 0.1) is 6.54 Å². The van der Waals surface area contributed by atoms with Crippen LogP contribution in [0.25, 0.3) is 0 Å². The van der Waals surface area contributed by atoms with Crippen LogP contribution < -0.4 is 11.1 Å². The van der Waals surface area contributed by atoms with Gasteiger partial charge in [0.1, 0.15) is 11.9 Å². The maximum absolute atomic E-state index is 12.9. The summed E-state index contributed by atoms with van der Waals surface area (Å²) >= 11 is 0. The van der Waals surface area contributed by atoms with Gasteiger partial charge < -0.3 is 16.2 Å². The van der Waals surface area contributed by atoms with Gasteiger partial charge in [-0.3, -0.25) is 9.59 Å². The Kier molecular flexibility index (Phi) is 4.17. The van der Waals surface area contributed by atoms with Crippen LogP contribution in [0.2, 0.25) is 0 Å². The first kappa shape index (κ1) is 13.1. The minimum Gasteiger partial charge on any atom is -0.381 e. The maximum Gasteiger partial charge on any atom is 0.251 e. The van der Waals surface area contributed by atoms with Crippen molar-refractivity contribution in [3.63, 3.8) is 0 Å². The molecule has 0 saturated carbocycles. The molecular weight excluding hydrogens is 227 g/mol. The smallest absolute Gasteiger partial charge is 0.251 e. The summed E-state index contributed by atoms with van der Waals surface area (Å²) in [7, 11) is 0. The first-order chi connectivity index (χ1) is 7.91. The van der Waals surface area contributed by atoms with Crippen molar-refractivity contribution in [2.24, 2.45) is 5.73 Å². The summed E-state index contributed by atoms with van der Waals surface area (Å²) in [4.78, 5) is 22.1. The number of nitrogens with two attached hydrogens (primary N) is 1. The third kappa shape index (κ3) is 3.53. The van der Waals surface area contributed by atoms with Crippen LogP contribution in [0.1, 0.15) is 15.9 Å². The van der Waals surface area contributed by atoms with Gasteiger partial charge in [0.15, 0.2) is 0 Å². The number of aliphatic hydroxyl groups excluding tert-OH is 1. The van der Waals surface area contributed by atoms with Crippen molar-refractivity contribution in [3.05, 3.63) is 35.1 Å². The van der Waals surface area contributed by atoms with Gasteiger partial charge in [-0.05, 0) is 24.6 Å². The topological polar surface area (TPSA) is 92.4 Å². The Hall–Kier alpha value is -1.95. The van der Waals surface area contributed by atoms with Crippen LogP contribution in [-0.2, 0) is 4.79 Å². The highest BCUT2D eigenvalue weighted by atomic mass is 19.1. The number of benzene rings is 1. The summed E-state index contributed by atoms with van der Waals surface area (Å²) < 4.78 is 12.9. The lowest BCUT2D eigenvalue weighted by atomic mass is 10.1. The molecule has 0 saturated heterocycles. The van der Waals surface area contributed by atoms with E-state index in [1.807, 2.05) is 0 Å². The molecule has 1 aromatic rings. The van der Waals surface area contributed by atoms with Gasteiger partial charge in [-0.1, -0.05) is 6.07 Å². The average Bonchev–Trinajstić information content (AvgIpc) is 2.28. The number of aryl methyl sites for hydroxylation is 1. The predicted molar refractivity (Wildman–Crippen MR) is 58.7 cm³/mol. The SMILES string of the molecule is Cc1ccc(F)cc1C(=O)NCC(O)C(N)=O. The molecule has 5 nitrogen and oxygen atoms in total. The molecule has 0 fully saturated rings. The molecule has 0 heterocycles. The molecule has 0 spiro atoms. The number of aliphatic hydroxyl groups is 1. The second-order valence-corrected chi connectivity index (χ2v) is 3.59. The van der Waals surface area contributed by atoms with Crippen LogP contribution in [0.5, 0.6) is 0 Å². The number of carbonyl (C=O) groups is 2. The highest BCUT2D eigenvalue weighted by Gasteiger charge is 2.14. The van der Waals surface area contributed by atoms with Crippen LogP contribution in [0, 0.1) is 12.7 Å². The second kappa shape index (κ2) is 5.40. The molecule has 1 rings (SSSR count). The second-order valence-electron chi connectivity index (χ2n) is 3.59. The first-order valence-electron chi connectivity index (χ1n) is 4.93. The van der Waals surface area contributed by atoms with E-state index in [4.69, 9.17) is 10.8 Å². The fraction of sp³-hybridized carbons (Fsp3) is 0.273. The number of carbonyl (C=O) groups excluding carboxylic acids is 2. The Balaban J connectivity index is 2.70. The van der Waals surface area contributed by atoms with Gasteiger partial charge in [-0.2, -0.15) is 0 Å². The third-order valence-electron chi connectivity index (χ3n) is 2.23. The summed E-state index contributed by atoms with van der Waals surface area (Å²) in [6.45, 7) is 1.35. The van der Waals surface area contributed by atoms with Crippen molar-refractivity contribution in [2.45, 2.75) is 13.0 Å². The Morgan fingerprint density at radius 2 is 2.18 bits per heavy atom. The lowest BCUT2D eigenvalue weighted by Crippen LogP contribution is -2.40. The van der Waals surface area contributed by atoms with E-state index in [2.05, 4.69) is 5.32 Å². The zero-order valence-electron chi connectivity index (χ0n) is 9.24. The van der Waals surface area contributed by atoms with Crippen molar-refractivity contribution in [3.8, 4) is 0 Å². The molecule has 0 radical (unpaired) electrons. The van der Waals surface area contributed by atoms with Crippen LogP contribution >= 0.6 is 0 Å². The van der Waals surface area contributed by atoms with Gasteiger partial charge >= 0.3 is 0 Å². The first-order valence-corrected chi connectivity index (χ1v) is 4.93. The minimum absolute atomic E-state index is 0.154. The van der Waals surface area contributed by atoms with Gasteiger partial charge in [-0.15, -0.1) is 0 Å². The molecule has 4 N–H and O–H groups in total. The van der Waals surface area contributed by atoms with Gasteiger partial charge in [0.2, 0.25) is 5.91 Å². The van der Waals surface area contributed by atoms with Crippen molar-refractivity contribution >= 4 is 11.8 Å². The molecule has 1 atom stereocenters. The summed E-state index contributed by atoms with van der Waals surface area (Å²) in [6, 6.07) is 3.79. The summed E-state index contributed by atoms with van der Waals surface area (Å²) in [5.74, 6) is -2.03. The van der Waals surface area contributed by atoms with E-state index < -0.39 is 23.7 Å². The van der Waals surface area contributed by atoms with Gasteiger partial charge in [0, 0.05) is 5.56 Å². The zero-order chi connectivity index (χ0) is 13.0. The quantitative estimate of drug-likeness (QED) is 0.675. The van der Waals surface area contributed by atoms with Gasteiger partial charge in [-0.25, -0.2) is 4.39 Å². The Labute approximate surface area is 97.4 Å². The summed E-state index contributed by atoms with van der Waals surface area (Å²) in [5.41, 5.74) is 5.56. The number of rotatable bonds is 4. The predicted octanol–water partition coefficient (Wildman–Crippen LogP) is -0.290. The maximum atomic E-state index is 12.9. The van der Waals surface area contributed by atoms with Crippen LogP contribution in [0.15, 0.2) is 18.2 Å². The number of amides is 2. The van der Waals surface area contributed by atoms with E-state index in [1.165, 1.54) is 12.1 Å². The Morgan fingerprint density at radius 3 is 2.76 bits per heavy atom. The molecule has 0 aliphatic rings. The number of hydrogen-bond donors (Lipinski definition) is 3. The molecule has 0 aliphatic heterocycles. The number of hydrogen-bond acceptors (Lipinski definition) is 3. The summed E-state index contributed by atoms with van der Waals surface area (Å²) in [6.07, 6.45) is -1.45. The Bertz CT molecular complexity index is 448. The fourth-order valence-corrected chi connectivity index (χ4v) is 1.22. The van der Waals surface area contributed by atoms with Crippen molar-refractivity contribution < 1.29 is 19.1 Å². The van der Waals surface area contributed by atoms with E-state index in [1.54, 1.807) is 6.92 Å². The molecule has 6 heteroatoms. The van der Waals surface area contributed by atoms with E-state index in [-0.39, 0.29) is 12.1 Å². The van der Waals surface area contributed by atoms with E-state index in [0.717, 1.165) is 6.07 Å². The highest BCUT2D eigenvalue weighted by Crippen LogP contribution is 2.09. The lowest BCUT2D eigenvalue weighted by molar-refractivity contribution is -0.125. The molecule has 92 valence electrons. The minimum atomic E-state index is -1.45. The molecule has 17 heavy (non-hydrogen) atoms. The molecule has 1 unspecified atom stereocenters. The van der Waals surface area contributed by atoms with Crippen LogP contribution in [-0.4, -0.2) is 29.6 Å². The van der Waals surface area contributed by atoms with Crippen LogP contribution in [0.4, 0.5) is 4.39 Å². The lowest BCUT2D eigenvalue weighted by Gasteiger charge is -2.10. The van der Waals surface area contributed by atoms with E-state index >= 15 is 0 Å². The van der Waals surface area contributed by atoms with Gasteiger partial charge in [0.25, 0.3) is 5.91 Å². The molecule has 0 bridgehead atoms. The monoisotopic (exact) mass is 240 g/mol. The average molecular weight is 240 g/mol. The molecular formula is C11H13FN2O3. The molecule has 1 aromatic carbocycles. The van der Waals surface area contributed by atoms with E-state index in [9.17, 15) is 14.0 Å². The highest BCUT2D eigenvalue weighted by molar-refractivity contribution is 5.96. The van der Waals surface area contributed by atoms with Crippen molar-refractivity contribution in [2.75, 3.05) is 6.54 Å². The van der Waals surface area contributed by atoms with Crippen LogP contribution in [0.3, 0.4) is 0 Å². The third-order valence-corrected chi connectivity index (χ3v) is 2.23. The number of primary amides is 1. The zero-order valence-corrected chi connectivity index (χ0v) is 9.24. The summed E-state index contributed by atoms with van der Waals surface area (Å²) in [5, 5.41) is 11.4. The Morgan fingerprint density at radius 1 is 1.53 bits per heavy atom.